The number of benzene rings is 3. The van der Waals surface area contributed by atoms with Gasteiger partial charge in [-0.15, -0.1) is 0 Å². The van der Waals surface area contributed by atoms with Gasteiger partial charge in [0, 0.05) is 16.9 Å². The third-order valence-corrected chi connectivity index (χ3v) is 5.14. The van der Waals surface area contributed by atoms with E-state index in [-0.39, 0.29) is 23.9 Å². The molecule has 0 aromatic heterocycles. The van der Waals surface area contributed by atoms with Gasteiger partial charge in [-0.1, -0.05) is 24.3 Å². The molecule has 2 N–H and O–H groups in total. The van der Waals surface area contributed by atoms with Crippen LogP contribution >= 0.6 is 0 Å². The Labute approximate surface area is 181 Å². The fraction of sp³-hybridized carbons (Fsp3) is 0.160. The van der Waals surface area contributed by atoms with Crippen molar-refractivity contribution >= 4 is 29.2 Å². The molecule has 0 spiro atoms. The second-order valence-corrected chi connectivity index (χ2v) is 7.41. The Bertz CT molecular complexity index is 1140. The van der Waals surface area contributed by atoms with Crippen LogP contribution in [0.25, 0.3) is 0 Å². The highest BCUT2D eigenvalue weighted by atomic mass is 16.4. The lowest BCUT2D eigenvalue weighted by molar-refractivity contribution is -0.114. The fourth-order valence-electron chi connectivity index (χ4n) is 3.17. The number of hydrogen-bond acceptors (Lipinski definition) is 3. The second kappa shape index (κ2) is 9.26. The highest BCUT2D eigenvalue weighted by molar-refractivity contribution is 6.11. The molecule has 0 saturated carbocycles. The van der Waals surface area contributed by atoms with Crippen LogP contribution in [-0.2, 0) is 4.79 Å². The summed E-state index contributed by atoms with van der Waals surface area (Å²) in [7, 11) is 0. The van der Waals surface area contributed by atoms with Gasteiger partial charge in [0.2, 0.25) is 5.91 Å². The molecule has 31 heavy (non-hydrogen) atoms. The predicted molar refractivity (Wildman–Crippen MR) is 121 cm³/mol. The number of anilines is 2. The molecule has 3 aromatic rings. The molecule has 0 saturated heterocycles. The molecule has 0 atom stereocenters. The summed E-state index contributed by atoms with van der Waals surface area (Å²) in [5, 5.41) is 11.7. The van der Waals surface area contributed by atoms with Crippen molar-refractivity contribution < 1.29 is 19.5 Å². The van der Waals surface area contributed by atoms with Gasteiger partial charge in [-0.05, 0) is 79.9 Å². The number of hydrogen-bond donors (Lipinski definition) is 2. The summed E-state index contributed by atoms with van der Waals surface area (Å²) < 4.78 is 0. The van der Waals surface area contributed by atoms with Crippen molar-refractivity contribution in [3.63, 3.8) is 0 Å². The lowest BCUT2D eigenvalue weighted by atomic mass is 10.1. The number of carboxylic acids is 1. The van der Waals surface area contributed by atoms with Gasteiger partial charge in [0.05, 0.1) is 5.56 Å². The van der Waals surface area contributed by atoms with Crippen molar-refractivity contribution in [3.8, 4) is 0 Å². The number of nitrogens with zero attached hydrogens (tertiary/aromatic N) is 1. The van der Waals surface area contributed by atoms with Crippen molar-refractivity contribution in [3.05, 3.63) is 94.5 Å². The molecule has 0 aliphatic rings. The second-order valence-electron chi connectivity index (χ2n) is 7.41. The highest BCUT2D eigenvalue weighted by Gasteiger charge is 2.22. The zero-order valence-corrected chi connectivity index (χ0v) is 17.7. The van der Waals surface area contributed by atoms with E-state index < -0.39 is 5.97 Å². The Kier molecular flexibility index (Phi) is 6.50. The van der Waals surface area contributed by atoms with Crippen LogP contribution < -0.4 is 10.2 Å². The van der Waals surface area contributed by atoms with E-state index in [4.69, 9.17) is 5.11 Å². The molecule has 6 heteroatoms. The topological polar surface area (TPSA) is 86.7 Å². The van der Waals surface area contributed by atoms with Crippen LogP contribution in [0.5, 0.6) is 0 Å². The molecule has 2 amide bonds. The number of carbonyl (C=O) groups is 3. The van der Waals surface area contributed by atoms with Crippen LogP contribution in [0.4, 0.5) is 11.4 Å². The summed E-state index contributed by atoms with van der Waals surface area (Å²) in [4.78, 5) is 38.6. The molecular formula is C25H24N2O4. The van der Waals surface area contributed by atoms with Gasteiger partial charge in [0.1, 0.15) is 6.54 Å². The summed E-state index contributed by atoms with van der Waals surface area (Å²) in [6.45, 7) is 5.62. The van der Waals surface area contributed by atoms with Crippen molar-refractivity contribution in [2.75, 3.05) is 16.8 Å². The largest absolute Gasteiger partial charge is 0.478 e. The normalized spacial score (nSPS) is 10.4. The van der Waals surface area contributed by atoms with Gasteiger partial charge in [-0.3, -0.25) is 14.5 Å². The monoisotopic (exact) mass is 416 g/mol. The highest BCUT2D eigenvalue weighted by Crippen LogP contribution is 2.22. The molecule has 0 radical (unpaired) electrons. The van der Waals surface area contributed by atoms with Gasteiger partial charge in [0.25, 0.3) is 5.91 Å². The van der Waals surface area contributed by atoms with E-state index in [1.165, 1.54) is 29.2 Å². The van der Waals surface area contributed by atoms with Gasteiger partial charge >= 0.3 is 5.97 Å². The first-order valence-corrected chi connectivity index (χ1v) is 9.84. The van der Waals surface area contributed by atoms with Crippen molar-refractivity contribution in [1.82, 2.24) is 0 Å². The molecule has 158 valence electrons. The zero-order chi connectivity index (χ0) is 22.5. The standard InChI is InChI=1S/C25H24N2O4/c1-16-8-13-21(14-18(16)3)27(24(29)22-7-5-4-6-17(22)2)15-23(28)26-20-11-9-19(10-12-20)25(30)31/h4-14H,15H2,1-3H3,(H,26,28)(H,30,31). The maximum absolute atomic E-state index is 13.4. The Morgan fingerprint density at radius 1 is 0.839 bits per heavy atom. The summed E-state index contributed by atoms with van der Waals surface area (Å²) in [5.41, 5.74) is 4.68. The molecule has 0 unspecified atom stereocenters. The lowest BCUT2D eigenvalue weighted by Gasteiger charge is -2.24. The first-order chi connectivity index (χ1) is 14.8. The Morgan fingerprint density at radius 2 is 1.52 bits per heavy atom. The number of carbonyl (C=O) groups excluding carboxylic acids is 2. The molecule has 0 aliphatic carbocycles. The lowest BCUT2D eigenvalue weighted by Crippen LogP contribution is -2.38. The Balaban J connectivity index is 1.87. The number of amides is 2. The summed E-state index contributed by atoms with van der Waals surface area (Å²) in [6.07, 6.45) is 0. The van der Waals surface area contributed by atoms with E-state index in [1.807, 2.05) is 51.1 Å². The van der Waals surface area contributed by atoms with E-state index in [9.17, 15) is 14.4 Å². The number of carboxylic acid groups (broad SMARTS) is 1. The molecule has 0 fully saturated rings. The molecule has 0 aliphatic heterocycles. The smallest absolute Gasteiger partial charge is 0.335 e. The minimum atomic E-state index is -1.04. The zero-order valence-electron chi connectivity index (χ0n) is 17.7. The third-order valence-electron chi connectivity index (χ3n) is 5.14. The summed E-state index contributed by atoms with van der Waals surface area (Å²) in [5.74, 6) is -1.69. The minimum Gasteiger partial charge on any atom is -0.478 e. The summed E-state index contributed by atoms with van der Waals surface area (Å²) >= 11 is 0. The van der Waals surface area contributed by atoms with Gasteiger partial charge in [-0.25, -0.2) is 4.79 Å². The molecule has 0 heterocycles. The van der Waals surface area contributed by atoms with Crippen LogP contribution in [0.2, 0.25) is 0 Å². The van der Waals surface area contributed by atoms with E-state index in [1.54, 1.807) is 12.1 Å². The molecular weight excluding hydrogens is 392 g/mol. The number of nitrogens with one attached hydrogen (secondary N) is 1. The van der Waals surface area contributed by atoms with Crippen molar-refractivity contribution in [2.45, 2.75) is 20.8 Å². The molecule has 6 nitrogen and oxygen atoms in total. The molecule has 3 rings (SSSR count). The van der Waals surface area contributed by atoms with Gasteiger partial charge in [0.15, 0.2) is 0 Å². The number of aryl methyl sites for hydroxylation is 3. The minimum absolute atomic E-state index is 0.129. The average Bonchev–Trinajstić information content (AvgIpc) is 2.74. The number of aromatic carboxylic acids is 1. The quantitative estimate of drug-likeness (QED) is 0.615. The van der Waals surface area contributed by atoms with E-state index in [0.717, 1.165) is 16.7 Å². The van der Waals surface area contributed by atoms with Gasteiger partial charge in [-0.2, -0.15) is 0 Å². The Hall–Kier alpha value is -3.93. The van der Waals surface area contributed by atoms with E-state index in [2.05, 4.69) is 5.32 Å². The van der Waals surface area contributed by atoms with Crippen LogP contribution in [0.15, 0.2) is 66.7 Å². The maximum Gasteiger partial charge on any atom is 0.335 e. The SMILES string of the molecule is Cc1ccc(N(CC(=O)Nc2ccc(C(=O)O)cc2)C(=O)c2ccccc2C)cc1C. The predicted octanol–water partition coefficient (Wildman–Crippen LogP) is 4.60. The van der Waals surface area contributed by atoms with E-state index >= 15 is 0 Å². The van der Waals surface area contributed by atoms with Crippen LogP contribution in [-0.4, -0.2) is 29.4 Å². The summed E-state index contributed by atoms with van der Waals surface area (Å²) in [6, 6.07) is 18.8. The Morgan fingerprint density at radius 3 is 2.13 bits per heavy atom. The van der Waals surface area contributed by atoms with E-state index in [0.29, 0.717) is 16.9 Å². The first-order valence-electron chi connectivity index (χ1n) is 9.84. The molecule has 0 bridgehead atoms. The van der Waals surface area contributed by atoms with Crippen LogP contribution in [0.3, 0.4) is 0 Å². The van der Waals surface area contributed by atoms with Crippen LogP contribution in [0.1, 0.15) is 37.4 Å². The molecule has 3 aromatic carbocycles. The number of rotatable bonds is 6. The van der Waals surface area contributed by atoms with Crippen LogP contribution in [0, 0.1) is 20.8 Å². The van der Waals surface area contributed by atoms with Gasteiger partial charge < -0.3 is 10.4 Å². The maximum atomic E-state index is 13.4. The first kappa shape index (κ1) is 21.8. The average molecular weight is 416 g/mol. The third kappa shape index (κ3) is 5.17. The van der Waals surface area contributed by atoms with Crippen molar-refractivity contribution in [2.24, 2.45) is 0 Å². The van der Waals surface area contributed by atoms with Crippen molar-refractivity contribution in [1.29, 1.82) is 0 Å². The fourth-order valence-corrected chi connectivity index (χ4v) is 3.17.